The Morgan fingerprint density at radius 2 is 1.65 bits per heavy atom. The van der Waals surface area contributed by atoms with Crippen molar-refractivity contribution in [2.45, 2.75) is 11.8 Å². The first kappa shape index (κ1) is 24.1. The third-order valence-corrected chi connectivity index (χ3v) is 7.22. The number of hydrogen-bond acceptors (Lipinski definition) is 8. The number of aromatic nitrogens is 3. The van der Waals surface area contributed by atoms with Gasteiger partial charge in [-0.3, -0.25) is 14.1 Å². The molecule has 0 fully saturated rings. The summed E-state index contributed by atoms with van der Waals surface area (Å²) in [6, 6.07) is 17.1. The smallest absolute Gasteiger partial charge is 0.274 e. The fourth-order valence-corrected chi connectivity index (χ4v) is 5.03. The van der Waals surface area contributed by atoms with Gasteiger partial charge in [0.05, 0.1) is 42.0 Å². The molecule has 0 unspecified atom stereocenters. The number of aryl methyl sites for hydroxylation is 1. The lowest BCUT2D eigenvalue weighted by Crippen LogP contribution is -2.20. The minimum Gasteiger partial charge on any atom is -0.496 e. The lowest BCUT2D eigenvalue weighted by Gasteiger charge is -2.16. The molecule has 3 aromatic carbocycles. The van der Waals surface area contributed by atoms with Gasteiger partial charge in [0.2, 0.25) is 0 Å². The molecule has 10 nitrogen and oxygen atoms in total. The Balaban J connectivity index is 1.60. The second-order valence-electron chi connectivity index (χ2n) is 8.14. The normalized spacial score (nSPS) is 11.4. The summed E-state index contributed by atoms with van der Waals surface area (Å²) in [6.45, 7) is 1.97. The first-order valence-corrected chi connectivity index (χ1v) is 12.6. The van der Waals surface area contributed by atoms with E-state index in [0.717, 1.165) is 28.6 Å². The summed E-state index contributed by atoms with van der Waals surface area (Å²) in [4.78, 5) is 17.1. The average molecular weight is 519 g/mol. The highest BCUT2D eigenvalue weighted by molar-refractivity contribution is 7.92. The van der Waals surface area contributed by atoms with Gasteiger partial charge in [-0.2, -0.15) is 0 Å². The van der Waals surface area contributed by atoms with Crippen molar-refractivity contribution in [3.05, 3.63) is 89.0 Å². The van der Waals surface area contributed by atoms with E-state index in [1.54, 1.807) is 13.2 Å². The molecule has 0 spiro atoms. The van der Waals surface area contributed by atoms with Crippen LogP contribution in [0.3, 0.4) is 0 Å². The molecule has 5 rings (SSSR count). The fourth-order valence-electron chi connectivity index (χ4n) is 4.02. The summed E-state index contributed by atoms with van der Waals surface area (Å²) in [7, 11) is -0.811. The van der Waals surface area contributed by atoms with Crippen molar-refractivity contribution in [1.29, 1.82) is 0 Å². The molecule has 0 bridgehead atoms. The van der Waals surface area contributed by atoms with Gasteiger partial charge in [-0.15, -0.1) is 0 Å². The zero-order chi connectivity index (χ0) is 26.2. The van der Waals surface area contributed by atoms with Crippen LogP contribution < -0.4 is 19.8 Å². The Labute approximate surface area is 212 Å². The van der Waals surface area contributed by atoms with E-state index in [1.807, 2.05) is 37.3 Å². The van der Waals surface area contributed by atoms with Crippen LogP contribution in [0.5, 0.6) is 11.5 Å². The summed E-state index contributed by atoms with van der Waals surface area (Å²) < 4.78 is 45.1. The number of hydrogen-bond donors (Lipinski definition) is 1. The number of rotatable bonds is 7. The molecule has 0 saturated heterocycles. The number of methoxy groups -OCH3 is 2. The molecule has 2 heterocycles. The fraction of sp³-hybridized carbons (Fsp3) is 0.115. The Kier molecular flexibility index (Phi) is 6.14. The molecule has 5 aromatic rings. The first-order valence-electron chi connectivity index (χ1n) is 11.1. The summed E-state index contributed by atoms with van der Waals surface area (Å²) >= 11 is 0. The molecule has 0 radical (unpaired) electrons. The van der Waals surface area contributed by atoms with Crippen molar-refractivity contribution in [2.75, 3.05) is 18.9 Å². The van der Waals surface area contributed by atoms with E-state index in [2.05, 4.69) is 19.4 Å². The topological polar surface area (TPSA) is 126 Å². The maximum Gasteiger partial charge on any atom is 0.274 e. The van der Waals surface area contributed by atoms with Crippen molar-refractivity contribution in [3.63, 3.8) is 0 Å². The molecule has 11 heteroatoms. The Morgan fingerprint density at radius 3 is 2.35 bits per heavy atom. The number of anilines is 1. The predicted molar refractivity (Wildman–Crippen MR) is 138 cm³/mol. The zero-order valence-corrected chi connectivity index (χ0v) is 20.9. The van der Waals surface area contributed by atoms with Gasteiger partial charge in [-0.05, 0) is 60.0 Å². The monoisotopic (exact) mass is 518 g/mol. The maximum atomic E-state index is 13.0. The molecular weight excluding hydrogens is 496 g/mol. The van der Waals surface area contributed by atoms with Crippen LogP contribution in [0.1, 0.15) is 5.56 Å². The third kappa shape index (κ3) is 4.52. The molecule has 0 aliphatic heterocycles. The summed E-state index contributed by atoms with van der Waals surface area (Å²) in [5.41, 5.74) is 3.62. The minimum absolute atomic E-state index is 0.0451. The van der Waals surface area contributed by atoms with Crippen molar-refractivity contribution >= 4 is 26.9 Å². The predicted octanol–water partition coefficient (Wildman–Crippen LogP) is 4.17. The van der Waals surface area contributed by atoms with Crippen LogP contribution in [0.25, 0.3) is 27.8 Å². The number of fused-ring (bicyclic) bond motifs is 1. The maximum absolute atomic E-state index is 13.0. The summed E-state index contributed by atoms with van der Waals surface area (Å²) in [5.74, 6) is 1.27. The van der Waals surface area contributed by atoms with Crippen molar-refractivity contribution < 1.29 is 22.4 Å². The van der Waals surface area contributed by atoms with E-state index < -0.39 is 15.6 Å². The Hall–Kier alpha value is -4.64. The molecular formula is C26H22N4O6S. The van der Waals surface area contributed by atoms with E-state index in [1.165, 1.54) is 42.2 Å². The molecule has 0 saturated carbocycles. The number of nitrogens with one attached hydrogen (secondary N) is 1. The largest absolute Gasteiger partial charge is 0.496 e. The highest BCUT2D eigenvalue weighted by Crippen LogP contribution is 2.33. The van der Waals surface area contributed by atoms with Crippen LogP contribution in [0.15, 0.2) is 87.3 Å². The average Bonchev–Trinajstić information content (AvgIpc) is 3.41. The van der Waals surface area contributed by atoms with E-state index in [0.29, 0.717) is 22.5 Å². The van der Waals surface area contributed by atoms with E-state index in [4.69, 9.17) is 9.47 Å². The summed E-state index contributed by atoms with van der Waals surface area (Å²) in [5, 5.41) is 3.57. The van der Waals surface area contributed by atoms with E-state index >= 15 is 0 Å². The summed E-state index contributed by atoms with van der Waals surface area (Å²) in [6.07, 6.45) is 2.40. The molecule has 0 atom stereocenters. The molecule has 0 aliphatic rings. The van der Waals surface area contributed by atoms with Gasteiger partial charge in [0.15, 0.2) is 5.82 Å². The van der Waals surface area contributed by atoms with Crippen molar-refractivity contribution in [1.82, 2.24) is 14.7 Å². The molecule has 188 valence electrons. The van der Waals surface area contributed by atoms with Gasteiger partial charge in [0.25, 0.3) is 15.6 Å². The van der Waals surface area contributed by atoms with Crippen LogP contribution in [-0.2, 0) is 10.0 Å². The molecule has 0 aliphatic carbocycles. The second-order valence-corrected chi connectivity index (χ2v) is 9.83. The van der Waals surface area contributed by atoms with Crippen LogP contribution in [0.2, 0.25) is 0 Å². The SMILES string of the molecule is COc1cc(-c2ccc(-n3c(=O)cnc4cc(S(=O)(=O)Nc5ccon5)ccc43)c(OC)c2)ccc1C. The Bertz CT molecular complexity index is 1780. The van der Waals surface area contributed by atoms with Gasteiger partial charge >= 0.3 is 0 Å². The van der Waals surface area contributed by atoms with E-state index in [-0.39, 0.29) is 10.7 Å². The number of sulfonamides is 1. The zero-order valence-electron chi connectivity index (χ0n) is 20.1. The lowest BCUT2D eigenvalue weighted by molar-refractivity contribution is 0.411. The molecule has 37 heavy (non-hydrogen) atoms. The van der Waals surface area contributed by atoms with Crippen LogP contribution >= 0.6 is 0 Å². The third-order valence-electron chi connectivity index (χ3n) is 5.87. The highest BCUT2D eigenvalue weighted by atomic mass is 32.2. The van der Waals surface area contributed by atoms with Gasteiger partial charge < -0.3 is 14.0 Å². The van der Waals surface area contributed by atoms with Gasteiger partial charge in [0.1, 0.15) is 17.8 Å². The quantitative estimate of drug-likeness (QED) is 0.340. The standard InChI is InChI=1S/C26H22N4O6S/c1-16-4-5-17(12-23(16)34-2)18-6-8-22(24(13-18)35-3)30-21-9-7-19(14-20(21)27-15-26(30)31)37(32,33)29-25-10-11-36-28-25/h4-15H,1-3H3,(H,28,29). The molecule has 2 aromatic heterocycles. The van der Waals surface area contributed by atoms with E-state index in [9.17, 15) is 13.2 Å². The van der Waals surface area contributed by atoms with Crippen LogP contribution in [0, 0.1) is 6.92 Å². The Morgan fingerprint density at radius 1 is 0.919 bits per heavy atom. The number of benzene rings is 3. The van der Waals surface area contributed by atoms with Crippen molar-refractivity contribution in [3.8, 4) is 28.3 Å². The van der Waals surface area contributed by atoms with Gasteiger partial charge in [0, 0.05) is 6.07 Å². The van der Waals surface area contributed by atoms with Gasteiger partial charge in [-0.25, -0.2) is 13.4 Å². The van der Waals surface area contributed by atoms with Crippen LogP contribution in [-0.4, -0.2) is 37.3 Å². The highest BCUT2D eigenvalue weighted by Gasteiger charge is 2.19. The van der Waals surface area contributed by atoms with Crippen LogP contribution in [0.4, 0.5) is 5.82 Å². The van der Waals surface area contributed by atoms with Gasteiger partial charge in [-0.1, -0.05) is 23.4 Å². The first-order chi connectivity index (χ1) is 17.8. The number of ether oxygens (including phenoxy) is 2. The molecule has 0 amide bonds. The minimum atomic E-state index is -3.96. The lowest BCUT2D eigenvalue weighted by atomic mass is 10.0. The molecule has 1 N–H and O–H groups in total. The number of nitrogens with zero attached hydrogens (tertiary/aromatic N) is 3. The second kappa shape index (κ2) is 9.43. The van der Waals surface area contributed by atoms with Crippen molar-refractivity contribution in [2.24, 2.45) is 0 Å².